The third-order valence-electron chi connectivity index (χ3n) is 4.45. The molecule has 128 valence electrons. The van der Waals surface area contributed by atoms with Gasteiger partial charge in [0.2, 0.25) is 0 Å². The molecule has 0 saturated heterocycles. The summed E-state index contributed by atoms with van der Waals surface area (Å²) in [5.41, 5.74) is 2.99. The molecule has 0 radical (unpaired) electrons. The number of rotatable bonds is 5. The minimum Gasteiger partial charge on any atom is -0.480 e. The van der Waals surface area contributed by atoms with E-state index in [2.05, 4.69) is 17.1 Å². The molecule has 1 aromatic carbocycles. The minimum absolute atomic E-state index is 0.536. The molecular formula is C19H19N3O2S. The average molecular weight is 353 g/mol. The van der Waals surface area contributed by atoms with E-state index in [0.29, 0.717) is 5.92 Å². The highest BCUT2D eigenvalue weighted by Crippen LogP contribution is 2.43. The molecule has 0 bridgehead atoms. The van der Waals surface area contributed by atoms with E-state index in [0.717, 1.165) is 21.8 Å². The summed E-state index contributed by atoms with van der Waals surface area (Å²) in [6, 6.07) is 10.1. The first kappa shape index (κ1) is 16.1. The number of benzene rings is 1. The lowest BCUT2D eigenvalue weighted by Gasteiger charge is -2.20. The van der Waals surface area contributed by atoms with Crippen LogP contribution in [0.1, 0.15) is 38.3 Å². The van der Waals surface area contributed by atoms with Gasteiger partial charge in [-0.1, -0.05) is 18.2 Å². The molecule has 2 aromatic heterocycles. The molecule has 4 rings (SSSR count). The molecule has 1 saturated carbocycles. The van der Waals surface area contributed by atoms with Gasteiger partial charge in [-0.05, 0) is 38.8 Å². The van der Waals surface area contributed by atoms with Gasteiger partial charge in [0.05, 0.1) is 23.1 Å². The van der Waals surface area contributed by atoms with Crippen molar-refractivity contribution in [1.29, 1.82) is 0 Å². The number of pyridine rings is 1. The Morgan fingerprint density at radius 1 is 1.28 bits per heavy atom. The Labute approximate surface area is 150 Å². The fraction of sp³-hybridized carbons (Fsp3) is 0.316. The molecule has 1 N–H and O–H groups in total. The van der Waals surface area contributed by atoms with E-state index in [1.54, 1.807) is 26.2 Å². The number of hydrogen-bond donors (Lipinski definition) is 1. The van der Waals surface area contributed by atoms with E-state index in [-0.39, 0.29) is 0 Å². The highest BCUT2D eigenvalue weighted by Gasteiger charge is 2.32. The van der Waals surface area contributed by atoms with Gasteiger partial charge in [-0.25, -0.2) is 4.68 Å². The lowest BCUT2D eigenvalue weighted by Crippen LogP contribution is -2.27. The van der Waals surface area contributed by atoms with Gasteiger partial charge in [0.15, 0.2) is 0 Å². The number of aromatic nitrogens is 3. The number of hydrogen-bond acceptors (Lipinski definition) is 4. The topological polar surface area (TPSA) is 68.0 Å². The monoisotopic (exact) mass is 353 g/mol. The van der Waals surface area contributed by atoms with Crippen molar-refractivity contribution in [2.75, 3.05) is 0 Å². The number of para-hydroxylation sites is 1. The van der Waals surface area contributed by atoms with Crippen LogP contribution in [-0.4, -0.2) is 30.6 Å². The quantitative estimate of drug-likeness (QED) is 0.694. The Bertz CT molecular complexity index is 960. The average Bonchev–Trinajstić information content (AvgIpc) is 3.36. The van der Waals surface area contributed by atoms with E-state index in [1.807, 2.05) is 22.9 Å². The van der Waals surface area contributed by atoms with Crippen molar-refractivity contribution < 1.29 is 9.90 Å². The summed E-state index contributed by atoms with van der Waals surface area (Å²) in [6.07, 6.45) is 5.82. The summed E-state index contributed by atoms with van der Waals surface area (Å²) < 4.78 is 0.981. The highest BCUT2D eigenvalue weighted by atomic mass is 32.2. The van der Waals surface area contributed by atoms with Gasteiger partial charge < -0.3 is 5.11 Å². The van der Waals surface area contributed by atoms with Gasteiger partial charge in [0.25, 0.3) is 0 Å². The third kappa shape index (κ3) is 2.91. The molecule has 0 aliphatic heterocycles. The molecule has 2 heterocycles. The lowest BCUT2D eigenvalue weighted by molar-refractivity contribution is -0.138. The SMILES string of the molecule is CC(C)(Sc1ccncc1-n1nc(C2CC2)c2ccccc21)C(=O)O. The predicted octanol–water partition coefficient (Wildman–Crippen LogP) is 4.25. The molecule has 25 heavy (non-hydrogen) atoms. The van der Waals surface area contributed by atoms with Crippen molar-refractivity contribution in [2.45, 2.75) is 42.2 Å². The van der Waals surface area contributed by atoms with Crippen molar-refractivity contribution in [3.05, 3.63) is 48.4 Å². The second kappa shape index (κ2) is 5.88. The van der Waals surface area contributed by atoms with E-state index >= 15 is 0 Å². The number of carboxylic acids is 1. The first-order chi connectivity index (χ1) is 12.0. The lowest BCUT2D eigenvalue weighted by atomic mass is 10.1. The number of carboxylic acid groups (broad SMARTS) is 1. The van der Waals surface area contributed by atoms with Crippen molar-refractivity contribution >= 4 is 28.6 Å². The Morgan fingerprint density at radius 3 is 2.76 bits per heavy atom. The van der Waals surface area contributed by atoms with Crippen LogP contribution >= 0.6 is 11.8 Å². The Balaban J connectivity index is 1.86. The highest BCUT2D eigenvalue weighted by molar-refractivity contribution is 8.01. The van der Waals surface area contributed by atoms with Gasteiger partial charge in [-0.2, -0.15) is 5.10 Å². The zero-order valence-electron chi connectivity index (χ0n) is 14.1. The van der Waals surface area contributed by atoms with Crippen LogP contribution in [0.2, 0.25) is 0 Å². The maximum atomic E-state index is 11.5. The maximum absolute atomic E-state index is 11.5. The molecule has 3 aromatic rings. The molecule has 0 unspecified atom stereocenters. The zero-order chi connectivity index (χ0) is 17.6. The summed E-state index contributed by atoms with van der Waals surface area (Å²) >= 11 is 1.32. The van der Waals surface area contributed by atoms with Crippen LogP contribution in [0.4, 0.5) is 0 Å². The Kier molecular flexibility index (Phi) is 3.80. The molecule has 6 heteroatoms. The van der Waals surface area contributed by atoms with E-state index in [1.165, 1.54) is 30.0 Å². The molecule has 0 atom stereocenters. The van der Waals surface area contributed by atoms with E-state index in [9.17, 15) is 9.90 Å². The second-order valence-corrected chi connectivity index (χ2v) is 8.51. The van der Waals surface area contributed by atoms with Gasteiger partial charge in [0.1, 0.15) is 4.75 Å². The third-order valence-corrected chi connectivity index (χ3v) is 5.70. The zero-order valence-corrected chi connectivity index (χ0v) is 15.0. The van der Waals surface area contributed by atoms with Crippen LogP contribution in [0.25, 0.3) is 16.6 Å². The Hall–Kier alpha value is -2.34. The van der Waals surface area contributed by atoms with Gasteiger partial charge in [0, 0.05) is 22.4 Å². The molecular weight excluding hydrogens is 334 g/mol. The van der Waals surface area contributed by atoms with Gasteiger partial charge in [-0.3, -0.25) is 9.78 Å². The molecule has 1 aliphatic rings. The second-order valence-electron chi connectivity index (χ2n) is 6.85. The largest absolute Gasteiger partial charge is 0.480 e. The fourth-order valence-corrected chi connectivity index (χ4v) is 3.88. The van der Waals surface area contributed by atoms with Crippen molar-refractivity contribution in [1.82, 2.24) is 14.8 Å². The number of nitrogens with zero attached hydrogens (tertiary/aromatic N) is 3. The fourth-order valence-electron chi connectivity index (χ4n) is 2.87. The maximum Gasteiger partial charge on any atom is 0.319 e. The summed E-state index contributed by atoms with van der Waals surface area (Å²) in [5, 5.41) is 15.5. The summed E-state index contributed by atoms with van der Waals surface area (Å²) in [6.45, 7) is 3.42. The number of carbonyl (C=O) groups is 1. The van der Waals surface area contributed by atoms with Crippen LogP contribution in [0, 0.1) is 0 Å². The normalized spacial score (nSPS) is 14.8. The van der Waals surface area contributed by atoms with Crippen LogP contribution in [0.5, 0.6) is 0 Å². The molecule has 5 nitrogen and oxygen atoms in total. The first-order valence-electron chi connectivity index (χ1n) is 8.32. The van der Waals surface area contributed by atoms with Crippen molar-refractivity contribution in [3.63, 3.8) is 0 Å². The van der Waals surface area contributed by atoms with E-state index < -0.39 is 10.7 Å². The molecule has 1 fully saturated rings. The summed E-state index contributed by atoms with van der Waals surface area (Å²) in [5.74, 6) is -0.307. The van der Waals surface area contributed by atoms with Crippen LogP contribution in [0.15, 0.2) is 47.6 Å². The summed E-state index contributed by atoms with van der Waals surface area (Å²) in [7, 11) is 0. The van der Waals surface area contributed by atoms with Crippen LogP contribution in [0.3, 0.4) is 0 Å². The summed E-state index contributed by atoms with van der Waals surface area (Å²) in [4.78, 5) is 16.6. The molecule has 0 spiro atoms. The standard InChI is InChI=1S/C19H19N3O2S/c1-19(2,18(23)24)25-16-9-10-20-11-15(16)22-14-6-4-3-5-13(14)17(21-22)12-7-8-12/h3-6,9-12H,7-8H2,1-2H3,(H,23,24). The Morgan fingerprint density at radius 2 is 2.04 bits per heavy atom. The van der Waals surface area contributed by atoms with Crippen LogP contribution < -0.4 is 0 Å². The van der Waals surface area contributed by atoms with Crippen molar-refractivity contribution in [3.8, 4) is 5.69 Å². The molecule has 0 amide bonds. The van der Waals surface area contributed by atoms with Gasteiger partial charge in [-0.15, -0.1) is 11.8 Å². The number of fused-ring (bicyclic) bond motifs is 1. The first-order valence-corrected chi connectivity index (χ1v) is 9.13. The van der Waals surface area contributed by atoms with Crippen molar-refractivity contribution in [2.24, 2.45) is 0 Å². The van der Waals surface area contributed by atoms with Gasteiger partial charge >= 0.3 is 5.97 Å². The van der Waals surface area contributed by atoms with E-state index in [4.69, 9.17) is 5.10 Å². The minimum atomic E-state index is -0.932. The van der Waals surface area contributed by atoms with Crippen LogP contribution in [-0.2, 0) is 4.79 Å². The molecule has 1 aliphatic carbocycles. The number of thioether (sulfide) groups is 1. The smallest absolute Gasteiger partial charge is 0.319 e. The predicted molar refractivity (Wildman–Crippen MR) is 98.4 cm³/mol. The number of aliphatic carboxylic acids is 1.